The van der Waals surface area contributed by atoms with Crippen LogP contribution in [0.25, 0.3) is 22.0 Å². The third-order valence-electron chi connectivity index (χ3n) is 6.17. The highest BCUT2D eigenvalue weighted by Gasteiger charge is 2.30. The van der Waals surface area contributed by atoms with E-state index in [1.54, 1.807) is 48.5 Å². The lowest BCUT2D eigenvalue weighted by Crippen LogP contribution is -2.18. The number of benzene rings is 2. The Balaban J connectivity index is 1.49. The molecule has 5 rings (SSSR count). The number of aromatic nitrogens is 4. The number of alkyl halides is 2. The summed E-state index contributed by atoms with van der Waals surface area (Å²) in [6.07, 6.45) is 4.91. The van der Waals surface area contributed by atoms with Crippen LogP contribution in [0.5, 0.6) is 5.75 Å². The summed E-state index contributed by atoms with van der Waals surface area (Å²) in [6.45, 7) is -1.07. The van der Waals surface area contributed by atoms with E-state index >= 15 is 0 Å². The number of para-hydroxylation sites is 1. The van der Waals surface area contributed by atoms with Gasteiger partial charge in [-0.1, -0.05) is 24.3 Å². The van der Waals surface area contributed by atoms with E-state index in [1.807, 2.05) is 16.8 Å². The fraction of sp³-hybridized carbons (Fsp3) is 0.320. The van der Waals surface area contributed by atoms with E-state index in [-0.39, 0.29) is 17.4 Å². The molecule has 3 heterocycles. The number of nitrogens with zero attached hydrogens (tertiary/aromatic N) is 4. The van der Waals surface area contributed by atoms with Gasteiger partial charge in [0.1, 0.15) is 5.75 Å². The lowest BCUT2D eigenvalue weighted by molar-refractivity contribution is -0.0507. The molecule has 182 valence electrons. The molecule has 1 atom stereocenters. The smallest absolute Gasteiger partial charge is 0.387 e. The zero-order valence-corrected chi connectivity index (χ0v) is 19.2. The molecule has 0 bridgehead atoms. The Morgan fingerprint density at radius 2 is 1.94 bits per heavy atom. The van der Waals surface area contributed by atoms with Gasteiger partial charge in [-0.2, -0.15) is 8.78 Å². The predicted molar refractivity (Wildman–Crippen MR) is 128 cm³/mol. The summed E-state index contributed by atoms with van der Waals surface area (Å²) in [6, 6.07) is 12.0. The third kappa shape index (κ3) is 4.49. The van der Waals surface area contributed by atoms with E-state index in [9.17, 15) is 13.6 Å². The Bertz CT molecular complexity index is 1380. The van der Waals surface area contributed by atoms with Crippen LogP contribution in [0, 0.1) is 0 Å². The van der Waals surface area contributed by atoms with E-state index in [1.165, 1.54) is 6.07 Å². The van der Waals surface area contributed by atoms with Gasteiger partial charge >= 0.3 is 6.61 Å². The average molecular weight is 482 g/mol. The number of nitrogens with one attached hydrogen (secondary N) is 1. The first-order valence-corrected chi connectivity index (χ1v) is 11.4. The van der Waals surface area contributed by atoms with Gasteiger partial charge in [-0.25, -0.2) is 14.6 Å². The minimum atomic E-state index is -2.93. The highest BCUT2D eigenvalue weighted by atomic mass is 19.3. The van der Waals surface area contributed by atoms with Crippen molar-refractivity contribution in [1.82, 2.24) is 19.3 Å². The molecule has 0 aliphatic carbocycles. The molecule has 4 aromatic rings. The van der Waals surface area contributed by atoms with Gasteiger partial charge < -0.3 is 14.8 Å². The van der Waals surface area contributed by atoms with Crippen molar-refractivity contribution in [3.8, 4) is 16.9 Å². The molecule has 1 unspecified atom stereocenters. The summed E-state index contributed by atoms with van der Waals surface area (Å²) in [5, 5.41) is 3.72. The predicted octanol–water partition coefficient (Wildman–Crippen LogP) is 4.30. The van der Waals surface area contributed by atoms with Gasteiger partial charge in [-0.15, -0.1) is 0 Å². The summed E-state index contributed by atoms with van der Waals surface area (Å²) in [5.74, 6) is 0.649. The first-order chi connectivity index (χ1) is 17.1. The van der Waals surface area contributed by atoms with Crippen LogP contribution in [0.15, 0.2) is 59.7 Å². The maximum absolute atomic E-state index is 13.0. The van der Waals surface area contributed by atoms with Crippen LogP contribution in [0.2, 0.25) is 0 Å². The summed E-state index contributed by atoms with van der Waals surface area (Å²) >= 11 is 0. The average Bonchev–Trinajstić information content (AvgIpc) is 3.42. The van der Waals surface area contributed by atoms with Gasteiger partial charge in [0.2, 0.25) is 5.95 Å². The number of ether oxygens (including phenoxy) is 2. The largest absolute Gasteiger partial charge is 0.434 e. The minimum Gasteiger partial charge on any atom is -0.434 e. The normalized spacial score (nSPS) is 15.0. The molecule has 1 N–H and O–H groups in total. The van der Waals surface area contributed by atoms with Gasteiger partial charge in [-0.05, 0) is 36.6 Å². The van der Waals surface area contributed by atoms with Crippen molar-refractivity contribution in [2.45, 2.75) is 32.0 Å². The molecule has 2 aromatic carbocycles. The minimum absolute atomic E-state index is 0.104. The van der Waals surface area contributed by atoms with Crippen molar-refractivity contribution in [2.75, 3.05) is 25.6 Å². The van der Waals surface area contributed by atoms with Crippen LogP contribution in [-0.4, -0.2) is 46.2 Å². The molecule has 0 radical (unpaired) electrons. The second-order valence-electron chi connectivity index (χ2n) is 8.29. The van der Waals surface area contributed by atoms with E-state index < -0.39 is 6.61 Å². The van der Waals surface area contributed by atoms with Crippen LogP contribution < -0.4 is 15.6 Å². The number of hydrogen-bond acceptors (Lipinski definition) is 6. The lowest BCUT2D eigenvalue weighted by Gasteiger charge is -2.18. The van der Waals surface area contributed by atoms with Crippen molar-refractivity contribution in [1.29, 1.82) is 0 Å². The number of anilines is 1. The van der Waals surface area contributed by atoms with Gasteiger partial charge in [0.25, 0.3) is 5.56 Å². The summed E-state index contributed by atoms with van der Waals surface area (Å²) in [5.41, 5.74) is 2.90. The van der Waals surface area contributed by atoms with Crippen molar-refractivity contribution < 1.29 is 18.3 Å². The van der Waals surface area contributed by atoms with Crippen molar-refractivity contribution in [3.63, 3.8) is 0 Å². The molecule has 1 aliphatic heterocycles. The highest BCUT2D eigenvalue weighted by Crippen LogP contribution is 2.37. The van der Waals surface area contributed by atoms with Gasteiger partial charge in [-0.3, -0.25) is 9.48 Å². The zero-order chi connectivity index (χ0) is 24.4. The molecule has 8 nitrogen and oxygen atoms in total. The fourth-order valence-corrected chi connectivity index (χ4v) is 4.59. The van der Waals surface area contributed by atoms with Crippen LogP contribution in [-0.2, 0) is 11.3 Å². The summed E-state index contributed by atoms with van der Waals surface area (Å²) in [4.78, 5) is 21.8. The number of methoxy groups -OCH3 is 1. The topological polar surface area (TPSA) is 83.2 Å². The molecule has 0 saturated heterocycles. The second kappa shape index (κ2) is 9.83. The van der Waals surface area contributed by atoms with Crippen LogP contribution in [0.4, 0.5) is 14.7 Å². The molecule has 2 aromatic heterocycles. The molecule has 0 amide bonds. The Kier molecular flexibility index (Phi) is 6.45. The van der Waals surface area contributed by atoms with Crippen molar-refractivity contribution in [2.24, 2.45) is 0 Å². The molecule has 1 aliphatic rings. The first kappa shape index (κ1) is 23.0. The molecule has 0 spiro atoms. The molecular weight excluding hydrogens is 456 g/mol. The Morgan fingerprint density at radius 1 is 1.14 bits per heavy atom. The molecular formula is C25H25F2N5O3. The van der Waals surface area contributed by atoms with Gasteiger partial charge in [0.15, 0.2) is 0 Å². The molecule has 35 heavy (non-hydrogen) atoms. The van der Waals surface area contributed by atoms with Crippen LogP contribution in [0.3, 0.4) is 0 Å². The van der Waals surface area contributed by atoms with Crippen LogP contribution in [0.1, 0.15) is 24.4 Å². The number of hydrogen-bond donors (Lipinski definition) is 1. The van der Waals surface area contributed by atoms with Gasteiger partial charge in [0.05, 0.1) is 16.9 Å². The number of halogens is 2. The van der Waals surface area contributed by atoms with E-state index in [4.69, 9.17) is 9.47 Å². The monoisotopic (exact) mass is 481 g/mol. The highest BCUT2D eigenvalue weighted by molar-refractivity contribution is 5.84. The molecule has 0 fully saturated rings. The van der Waals surface area contributed by atoms with E-state index in [2.05, 4.69) is 15.3 Å². The quantitative estimate of drug-likeness (QED) is 0.359. The lowest BCUT2D eigenvalue weighted by atomic mass is 10.0. The zero-order valence-electron chi connectivity index (χ0n) is 19.2. The SMILES string of the molecule is COCCCNc1ncc(-c2ccc3c(=O)n4n(c3c2)C(c2ccccc2OC(F)F)CC4)cn1. The Labute approximate surface area is 200 Å². The second-order valence-corrected chi connectivity index (χ2v) is 8.29. The first-order valence-electron chi connectivity index (χ1n) is 11.4. The summed E-state index contributed by atoms with van der Waals surface area (Å²) < 4.78 is 39.4. The van der Waals surface area contributed by atoms with Gasteiger partial charge in [0, 0.05) is 50.3 Å². The maximum atomic E-state index is 13.0. The molecule has 10 heteroatoms. The molecule has 0 saturated carbocycles. The summed E-state index contributed by atoms with van der Waals surface area (Å²) in [7, 11) is 1.66. The van der Waals surface area contributed by atoms with Crippen molar-refractivity contribution in [3.05, 3.63) is 70.8 Å². The van der Waals surface area contributed by atoms with E-state index in [0.717, 1.165) is 23.1 Å². The van der Waals surface area contributed by atoms with E-state index in [0.29, 0.717) is 43.0 Å². The third-order valence-corrected chi connectivity index (χ3v) is 6.17. The van der Waals surface area contributed by atoms with Crippen molar-refractivity contribution >= 4 is 16.9 Å². The maximum Gasteiger partial charge on any atom is 0.387 e. The fourth-order valence-electron chi connectivity index (χ4n) is 4.59. The standard InChI is InChI=1S/C25H25F2N5O3/c1-34-12-4-10-28-25-29-14-17(15-30-25)16-7-8-19-21(13-16)32-20(9-11-31(32)23(19)33)18-5-2-3-6-22(18)35-24(26)27/h2-3,5-8,13-15,20,24H,4,9-12H2,1H3,(H,28,29,30). The van der Waals surface area contributed by atoms with Crippen LogP contribution >= 0.6 is 0 Å². The number of fused-ring (bicyclic) bond motifs is 3. The Morgan fingerprint density at radius 3 is 2.71 bits per heavy atom. The number of rotatable bonds is 9. The Hall–Kier alpha value is -3.79.